The van der Waals surface area contributed by atoms with Gasteiger partial charge in [0.1, 0.15) is 11.6 Å². The number of nitrogens with zero attached hydrogens (tertiary/aromatic N) is 4. The highest BCUT2D eigenvalue weighted by molar-refractivity contribution is 5.79. The van der Waals surface area contributed by atoms with Crippen molar-refractivity contribution >= 4 is 5.96 Å². The second kappa shape index (κ2) is 8.94. The molecule has 10 heteroatoms. The first-order valence-corrected chi connectivity index (χ1v) is 9.08. The molecule has 152 valence electrons. The van der Waals surface area contributed by atoms with Gasteiger partial charge in [-0.25, -0.2) is 0 Å². The van der Waals surface area contributed by atoms with E-state index in [9.17, 15) is 13.2 Å². The minimum atomic E-state index is -4.35. The van der Waals surface area contributed by atoms with E-state index < -0.39 is 12.8 Å². The van der Waals surface area contributed by atoms with Crippen LogP contribution in [0.2, 0.25) is 0 Å². The molecule has 0 fully saturated rings. The number of nitrogens with one attached hydrogen (secondary N) is 2. The largest absolute Gasteiger partial charge is 0.484 e. The van der Waals surface area contributed by atoms with E-state index in [2.05, 4.69) is 30.4 Å². The van der Waals surface area contributed by atoms with Crippen molar-refractivity contribution in [2.45, 2.75) is 45.1 Å². The Labute approximate surface area is 161 Å². The van der Waals surface area contributed by atoms with Gasteiger partial charge in [-0.3, -0.25) is 4.99 Å². The number of benzene rings is 1. The predicted octanol–water partition coefficient (Wildman–Crippen LogP) is 2.42. The number of guanidine groups is 1. The summed E-state index contributed by atoms with van der Waals surface area (Å²) in [6.45, 7) is 0.621. The van der Waals surface area contributed by atoms with E-state index in [0.29, 0.717) is 19.0 Å². The van der Waals surface area contributed by atoms with Gasteiger partial charge in [0.15, 0.2) is 18.4 Å². The predicted molar refractivity (Wildman–Crippen MR) is 98.0 cm³/mol. The lowest BCUT2D eigenvalue weighted by molar-refractivity contribution is -0.153. The third kappa shape index (κ3) is 5.61. The molecular weight excluding hydrogens is 373 g/mol. The van der Waals surface area contributed by atoms with Crippen molar-refractivity contribution in [3.05, 3.63) is 41.5 Å². The third-order valence-electron chi connectivity index (χ3n) is 4.36. The normalized spacial score (nSPS) is 14.5. The van der Waals surface area contributed by atoms with Gasteiger partial charge in [-0.05, 0) is 30.5 Å². The highest BCUT2D eigenvalue weighted by Crippen LogP contribution is 2.19. The van der Waals surface area contributed by atoms with Crippen LogP contribution in [0.3, 0.4) is 0 Å². The Morgan fingerprint density at radius 3 is 2.61 bits per heavy atom. The average Bonchev–Trinajstić information content (AvgIpc) is 3.10. The number of aryl methyl sites for hydroxylation is 1. The van der Waals surface area contributed by atoms with E-state index in [-0.39, 0.29) is 5.75 Å². The molecule has 0 spiro atoms. The van der Waals surface area contributed by atoms with Crippen molar-refractivity contribution in [2.75, 3.05) is 13.7 Å². The van der Waals surface area contributed by atoms with Crippen LogP contribution in [0.25, 0.3) is 0 Å². The first-order valence-electron chi connectivity index (χ1n) is 9.08. The lowest BCUT2D eigenvalue weighted by atomic mass is 10.2. The Kier molecular flexibility index (Phi) is 6.37. The Balaban J connectivity index is 1.47. The number of hydrogen-bond acceptors (Lipinski definition) is 4. The van der Waals surface area contributed by atoms with Gasteiger partial charge in [0, 0.05) is 26.6 Å². The van der Waals surface area contributed by atoms with Crippen molar-refractivity contribution in [1.82, 2.24) is 25.4 Å². The van der Waals surface area contributed by atoms with Crippen LogP contribution in [0.5, 0.6) is 5.75 Å². The summed E-state index contributed by atoms with van der Waals surface area (Å²) >= 11 is 0. The van der Waals surface area contributed by atoms with Crippen LogP contribution in [0.15, 0.2) is 29.3 Å². The number of halogens is 3. The van der Waals surface area contributed by atoms with E-state index in [1.807, 2.05) is 0 Å². The Hall–Kier alpha value is -2.78. The molecule has 0 atom stereocenters. The maximum Gasteiger partial charge on any atom is 0.422 e. The van der Waals surface area contributed by atoms with Crippen LogP contribution in [-0.4, -0.2) is 40.6 Å². The molecule has 2 heterocycles. The van der Waals surface area contributed by atoms with Crippen LogP contribution in [0, 0.1) is 0 Å². The molecule has 2 aromatic rings. The van der Waals surface area contributed by atoms with Crippen LogP contribution < -0.4 is 15.4 Å². The fraction of sp³-hybridized carbons (Fsp3) is 0.500. The number of aliphatic imine (C=N–C) groups is 1. The first-order chi connectivity index (χ1) is 13.4. The van der Waals surface area contributed by atoms with Gasteiger partial charge in [-0.15, -0.1) is 10.2 Å². The molecule has 1 aliphatic rings. The molecule has 0 saturated carbocycles. The molecule has 0 unspecified atom stereocenters. The zero-order valence-electron chi connectivity index (χ0n) is 15.6. The molecule has 28 heavy (non-hydrogen) atoms. The maximum atomic E-state index is 12.2. The minimum absolute atomic E-state index is 0.181. The molecule has 0 radical (unpaired) electrons. The minimum Gasteiger partial charge on any atom is -0.484 e. The highest BCUT2D eigenvalue weighted by atomic mass is 19.4. The van der Waals surface area contributed by atoms with E-state index in [1.54, 1.807) is 19.2 Å². The Morgan fingerprint density at radius 2 is 1.89 bits per heavy atom. The second-order valence-corrected chi connectivity index (χ2v) is 6.47. The highest BCUT2D eigenvalue weighted by Gasteiger charge is 2.28. The number of hydrogen-bond donors (Lipinski definition) is 2. The van der Waals surface area contributed by atoms with Gasteiger partial charge >= 0.3 is 6.18 Å². The van der Waals surface area contributed by atoms with Gasteiger partial charge in [-0.1, -0.05) is 12.1 Å². The summed E-state index contributed by atoms with van der Waals surface area (Å²) in [5, 5.41) is 14.8. The van der Waals surface area contributed by atoms with Gasteiger partial charge in [-0.2, -0.15) is 13.2 Å². The van der Waals surface area contributed by atoms with Crippen LogP contribution in [0.4, 0.5) is 13.2 Å². The maximum absolute atomic E-state index is 12.2. The smallest absolute Gasteiger partial charge is 0.422 e. The Bertz CT molecular complexity index is 801. The number of ether oxygens (including phenoxy) is 1. The quantitative estimate of drug-likeness (QED) is 0.579. The summed E-state index contributed by atoms with van der Waals surface area (Å²) in [6.07, 6.45) is -1.10. The van der Waals surface area contributed by atoms with Gasteiger partial charge in [0.05, 0.1) is 6.54 Å². The van der Waals surface area contributed by atoms with Crippen molar-refractivity contribution in [3.8, 4) is 5.75 Å². The van der Waals surface area contributed by atoms with Gasteiger partial charge in [0.2, 0.25) is 0 Å². The summed E-state index contributed by atoms with van der Waals surface area (Å²) in [5.74, 6) is 2.69. The third-order valence-corrected chi connectivity index (χ3v) is 4.36. The summed E-state index contributed by atoms with van der Waals surface area (Å²) < 4.78 is 43.4. The lowest BCUT2D eigenvalue weighted by Crippen LogP contribution is -2.37. The molecule has 1 aliphatic heterocycles. The molecule has 3 rings (SSSR count). The molecule has 0 saturated heterocycles. The topological polar surface area (TPSA) is 76.4 Å². The van der Waals surface area contributed by atoms with Crippen molar-refractivity contribution in [3.63, 3.8) is 0 Å². The van der Waals surface area contributed by atoms with Crippen LogP contribution in [-0.2, 0) is 26.1 Å². The average molecular weight is 396 g/mol. The van der Waals surface area contributed by atoms with E-state index in [4.69, 9.17) is 4.74 Å². The lowest BCUT2D eigenvalue weighted by Gasteiger charge is -2.16. The van der Waals surface area contributed by atoms with Crippen LogP contribution in [0.1, 0.15) is 30.1 Å². The molecule has 1 aromatic heterocycles. The summed E-state index contributed by atoms with van der Waals surface area (Å²) in [7, 11) is 1.67. The fourth-order valence-electron chi connectivity index (χ4n) is 2.94. The van der Waals surface area contributed by atoms with Crippen LogP contribution >= 0.6 is 0 Å². The van der Waals surface area contributed by atoms with Gasteiger partial charge in [0.25, 0.3) is 0 Å². The van der Waals surface area contributed by atoms with Crippen molar-refractivity contribution in [2.24, 2.45) is 4.99 Å². The van der Waals surface area contributed by atoms with Gasteiger partial charge < -0.3 is 19.9 Å². The molecule has 7 nitrogen and oxygen atoms in total. The van der Waals surface area contributed by atoms with Crippen molar-refractivity contribution in [1.29, 1.82) is 0 Å². The summed E-state index contributed by atoms with van der Waals surface area (Å²) in [4.78, 5) is 4.18. The molecule has 0 aliphatic carbocycles. The summed E-state index contributed by atoms with van der Waals surface area (Å²) in [6, 6.07) is 6.45. The molecule has 0 amide bonds. The molecule has 1 aromatic carbocycles. The zero-order chi connectivity index (χ0) is 20.0. The first kappa shape index (κ1) is 20.0. The zero-order valence-corrected chi connectivity index (χ0v) is 15.6. The second-order valence-electron chi connectivity index (χ2n) is 6.47. The summed E-state index contributed by atoms with van der Waals surface area (Å²) in [5.41, 5.74) is 0.891. The standard InChI is InChI=1S/C18H23F3N6O/c1-22-17(24-11-16-26-25-15-4-2-3-9-27(15)16)23-10-13-5-7-14(8-6-13)28-12-18(19,20)21/h5-8H,2-4,9-12H2,1H3,(H2,22,23,24). The molecular formula is C18H23F3N6O. The number of fused-ring (bicyclic) bond motifs is 1. The Morgan fingerprint density at radius 1 is 1.14 bits per heavy atom. The van der Waals surface area contributed by atoms with E-state index in [1.165, 1.54) is 12.1 Å². The van der Waals surface area contributed by atoms with E-state index in [0.717, 1.165) is 43.0 Å². The number of alkyl halides is 3. The van der Waals surface area contributed by atoms with E-state index >= 15 is 0 Å². The number of rotatable bonds is 6. The molecule has 0 bridgehead atoms. The SMILES string of the molecule is CN=C(NCc1ccc(OCC(F)(F)F)cc1)NCc1nnc2n1CCCC2. The van der Waals surface area contributed by atoms with Crippen molar-refractivity contribution < 1.29 is 17.9 Å². The molecule has 2 N–H and O–H groups in total. The number of aromatic nitrogens is 3. The fourth-order valence-corrected chi connectivity index (χ4v) is 2.94. The monoisotopic (exact) mass is 396 g/mol.